The number of aliphatic hydroxyl groups is 2. The zero-order chi connectivity index (χ0) is 8.69. The van der Waals surface area contributed by atoms with E-state index in [2.05, 4.69) is 0 Å². The number of nitrogens with zero attached hydrogens (tertiary/aromatic N) is 1. The molecule has 0 aromatic rings. The Morgan fingerprint density at radius 3 is 2.45 bits per heavy atom. The van der Waals surface area contributed by atoms with Crippen molar-refractivity contribution in [3.8, 4) is 0 Å². The Morgan fingerprint density at radius 2 is 2.09 bits per heavy atom. The number of rotatable bonds is 6. The minimum absolute atomic E-state index is 0.0436. The number of aliphatic hydroxyl groups excluding tert-OH is 2. The lowest BCUT2D eigenvalue weighted by Crippen LogP contribution is -2.39. The quantitative estimate of drug-likeness (QED) is 0.507. The van der Waals surface area contributed by atoms with Gasteiger partial charge in [0, 0.05) is 19.7 Å². The molecule has 0 saturated heterocycles. The van der Waals surface area contributed by atoms with Crippen molar-refractivity contribution in [2.24, 2.45) is 0 Å². The van der Waals surface area contributed by atoms with E-state index in [4.69, 9.17) is 14.9 Å². The molecule has 4 heteroatoms. The lowest BCUT2D eigenvalue weighted by molar-refractivity contribution is 0.0103. The van der Waals surface area contributed by atoms with Crippen LogP contribution in [0.25, 0.3) is 0 Å². The van der Waals surface area contributed by atoms with E-state index in [0.717, 1.165) is 0 Å². The summed E-state index contributed by atoms with van der Waals surface area (Å²) in [6, 6.07) is 0.0436. The number of hydrogen-bond acceptors (Lipinski definition) is 4. The van der Waals surface area contributed by atoms with Crippen LogP contribution in [0, 0.1) is 0 Å². The van der Waals surface area contributed by atoms with Crippen LogP contribution in [-0.2, 0) is 4.74 Å². The Bertz CT molecular complexity index is 83.8. The van der Waals surface area contributed by atoms with Gasteiger partial charge in [0.15, 0.2) is 0 Å². The van der Waals surface area contributed by atoms with Gasteiger partial charge in [-0.15, -0.1) is 0 Å². The zero-order valence-electron chi connectivity index (χ0n) is 7.16. The van der Waals surface area contributed by atoms with Crippen LogP contribution >= 0.6 is 0 Å². The van der Waals surface area contributed by atoms with Crippen molar-refractivity contribution in [1.29, 1.82) is 0 Å². The first kappa shape index (κ1) is 10.8. The van der Waals surface area contributed by atoms with Gasteiger partial charge in [-0.2, -0.15) is 0 Å². The standard InChI is InChI=1S/C7H17NO3/c1-7(5-10)8(3-4-9)6-11-2/h7,9-10H,3-6H2,1-2H3. The summed E-state index contributed by atoms with van der Waals surface area (Å²) in [4.78, 5) is 1.86. The van der Waals surface area contributed by atoms with Gasteiger partial charge in [0.25, 0.3) is 0 Å². The van der Waals surface area contributed by atoms with Gasteiger partial charge in [-0.25, -0.2) is 0 Å². The Kier molecular flexibility index (Phi) is 6.45. The van der Waals surface area contributed by atoms with Gasteiger partial charge in [0.1, 0.15) is 0 Å². The van der Waals surface area contributed by atoms with E-state index < -0.39 is 0 Å². The average Bonchev–Trinajstić information content (AvgIpc) is 2.03. The molecule has 0 aliphatic heterocycles. The summed E-state index contributed by atoms with van der Waals surface area (Å²) >= 11 is 0. The zero-order valence-corrected chi connectivity index (χ0v) is 7.16. The lowest BCUT2D eigenvalue weighted by atomic mass is 10.3. The van der Waals surface area contributed by atoms with Gasteiger partial charge in [0.2, 0.25) is 0 Å². The number of methoxy groups -OCH3 is 1. The molecule has 0 fully saturated rings. The molecule has 1 unspecified atom stereocenters. The summed E-state index contributed by atoms with van der Waals surface area (Å²) < 4.78 is 4.88. The van der Waals surface area contributed by atoms with Crippen LogP contribution < -0.4 is 0 Å². The fraction of sp³-hybridized carbons (Fsp3) is 1.00. The van der Waals surface area contributed by atoms with E-state index in [9.17, 15) is 0 Å². The highest BCUT2D eigenvalue weighted by Gasteiger charge is 2.10. The summed E-state index contributed by atoms with van der Waals surface area (Å²) in [5.74, 6) is 0. The highest BCUT2D eigenvalue weighted by atomic mass is 16.5. The molecular formula is C7H17NO3. The molecule has 0 aliphatic rings. The molecule has 2 N–H and O–H groups in total. The van der Waals surface area contributed by atoms with E-state index >= 15 is 0 Å². The summed E-state index contributed by atoms with van der Waals surface area (Å²) in [7, 11) is 1.59. The third-order valence-electron chi connectivity index (χ3n) is 1.57. The van der Waals surface area contributed by atoms with Gasteiger partial charge >= 0.3 is 0 Å². The monoisotopic (exact) mass is 163 g/mol. The van der Waals surface area contributed by atoms with E-state index in [1.165, 1.54) is 0 Å². The van der Waals surface area contributed by atoms with Crippen molar-refractivity contribution < 1.29 is 14.9 Å². The summed E-state index contributed by atoms with van der Waals surface area (Å²) in [6.07, 6.45) is 0. The predicted octanol–water partition coefficient (Wildman–Crippen LogP) is -0.735. The van der Waals surface area contributed by atoms with Crippen molar-refractivity contribution in [1.82, 2.24) is 4.90 Å². The minimum atomic E-state index is 0.0436. The Morgan fingerprint density at radius 1 is 1.45 bits per heavy atom. The van der Waals surface area contributed by atoms with Crippen molar-refractivity contribution in [3.63, 3.8) is 0 Å². The smallest absolute Gasteiger partial charge is 0.0990 e. The molecule has 0 rings (SSSR count). The van der Waals surface area contributed by atoms with Crippen LogP contribution in [0.1, 0.15) is 6.92 Å². The first-order valence-electron chi connectivity index (χ1n) is 3.71. The molecule has 4 nitrogen and oxygen atoms in total. The van der Waals surface area contributed by atoms with Crippen LogP contribution in [0.4, 0.5) is 0 Å². The molecule has 11 heavy (non-hydrogen) atoms. The number of ether oxygens (including phenoxy) is 1. The molecule has 0 aromatic carbocycles. The number of hydrogen-bond donors (Lipinski definition) is 2. The predicted molar refractivity (Wildman–Crippen MR) is 42.2 cm³/mol. The van der Waals surface area contributed by atoms with Gasteiger partial charge in [-0.3, -0.25) is 4.90 Å². The maximum absolute atomic E-state index is 8.78. The molecule has 0 amide bonds. The maximum atomic E-state index is 8.78. The largest absolute Gasteiger partial charge is 0.395 e. The second-order valence-corrected chi connectivity index (χ2v) is 2.49. The van der Waals surface area contributed by atoms with Crippen molar-refractivity contribution in [2.45, 2.75) is 13.0 Å². The lowest BCUT2D eigenvalue weighted by Gasteiger charge is -2.25. The van der Waals surface area contributed by atoms with E-state index in [0.29, 0.717) is 13.3 Å². The fourth-order valence-electron chi connectivity index (χ4n) is 0.822. The molecule has 0 aliphatic carbocycles. The maximum Gasteiger partial charge on any atom is 0.0990 e. The van der Waals surface area contributed by atoms with Crippen molar-refractivity contribution in [2.75, 3.05) is 33.6 Å². The third kappa shape index (κ3) is 4.31. The molecule has 0 aromatic heterocycles. The molecule has 0 radical (unpaired) electrons. The second kappa shape index (κ2) is 6.54. The van der Waals surface area contributed by atoms with Gasteiger partial charge < -0.3 is 14.9 Å². The third-order valence-corrected chi connectivity index (χ3v) is 1.57. The minimum Gasteiger partial charge on any atom is -0.395 e. The molecule has 68 valence electrons. The molecule has 0 spiro atoms. The normalized spacial score (nSPS) is 13.9. The molecular weight excluding hydrogens is 146 g/mol. The summed E-state index contributed by atoms with van der Waals surface area (Å²) in [6.45, 7) is 3.05. The Labute approximate surface area is 67.4 Å². The Hall–Kier alpha value is -0.160. The van der Waals surface area contributed by atoms with Crippen LogP contribution in [-0.4, -0.2) is 54.8 Å². The highest BCUT2D eigenvalue weighted by molar-refractivity contribution is 4.61. The molecule has 0 saturated carbocycles. The summed E-state index contributed by atoms with van der Waals surface area (Å²) in [5.41, 5.74) is 0. The molecule has 1 atom stereocenters. The topological polar surface area (TPSA) is 52.9 Å². The SMILES string of the molecule is COCN(CCO)C(C)CO. The Balaban J connectivity index is 3.66. The van der Waals surface area contributed by atoms with E-state index in [1.807, 2.05) is 11.8 Å². The van der Waals surface area contributed by atoms with E-state index in [1.54, 1.807) is 7.11 Å². The molecule has 0 bridgehead atoms. The second-order valence-electron chi connectivity index (χ2n) is 2.49. The fourth-order valence-corrected chi connectivity index (χ4v) is 0.822. The van der Waals surface area contributed by atoms with Crippen molar-refractivity contribution in [3.05, 3.63) is 0 Å². The van der Waals surface area contributed by atoms with Gasteiger partial charge in [0.05, 0.1) is 19.9 Å². The molecule has 0 heterocycles. The van der Waals surface area contributed by atoms with Crippen molar-refractivity contribution >= 4 is 0 Å². The first-order valence-corrected chi connectivity index (χ1v) is 3.71. The van der Waals surface area contributed by atoms with Crippen LogP contribution in [0.15, 0.2) is 0 Å². The summed E-state index contributed by atoms with van der Waals surface area (Å²) in [5, 5.41) is 17.4. The van der Waals surface area contributed by atoms with Crippen LogP contribution in [0.2, 0.25) is 0 Å². The van der Waals surface area contributed by atoms with Crippen LogP contribution in [0.3, 0.4) is 0 Å². The van der Waals surface area contributed by atoms with E-state index in [-0.39, 0.29) is 19.3 Å². The van der Waals surface area contributed by atoms with Gasteiger partial charge in [-0.05, 0) is 6.92 Å². The van der Waals surface area contributed by atoms with Crippen LogP contribution in [0.5, 0.6) is 0 Å². The van der Waals surface area contributed by atoms with Gasteiger partial charge in [-0.1, -0.05) is 0 Å². The highest BCUT2D eigenvalue weighted by Crippen LogP contribution is 1.96. The average molecular weight is 163 g/mol. The first-order chi connectivity index (χ1) is 5.26.